The van der Waals surface area contributed by atoms with E-state index < -0.39 is 23.8 Å². The second-order valence-electron chi connectivity index (χ2n) is 3.16. The Morgan fingerprint density at radius 2 is 1.81 bits per heavy atom. The van der Waals surface area contributed by atoms with Crippen LogP contribution in [0.15, 0.2) is 12.3 Å². The third-order valence-electron chi connectivity index (χ3n) is 1.76. The summed E-state index contributed by atoms with van der Waals surface area (Å²) in [4.78, 5) is 6.60. The molecule has 0 spiro atoms. The van der Waals surface area contributed by atoms with E-state index in [1.54, 1.807) is 0 Å². The van der Waals surface area contributed by atoms with E-state index in [0.29, 0.717) is 6.07 Å². The molecule has 0 bridgehead atoms. The smallest absolute Gasteiger partial charge is 0.322 e. The van der Waals surface area contributed by atoms with Gasteiger partial charge >= 0.3 is 12.1 Å². The highest BCUT2D eigenvalue weighted by molar-refractivity contribution is 5.12. The Balaban J connectivity index is 3.19. The van der Waals surface area contributed by atoms with E-state index in [-0.39, 0.29) is 5.82 Å². The molecule has 0 aliphatic rings. The average molecular weight is 241 g/mol. The summed E-state index contributed by atoms with van der Waals surface area (Å²) in [5.41, 5.74) is 3.88. The predicted octanol–water partition coefficient (Wildman–Crippen LogP) is 2.15. The van der Waals surface area contributed by atoms with Gasteiger partial charge in [0.1, 0.15) is 11.5 Å². The molecule has 16 heavy (non-hydrogen) atoms. The van der Waals surface area contributed by atoms with E-state index in [1.807, 2.05) is 0 Å². The van der Waals surface area contributed by atoms with Crippen molar-refractivity contribution in [3.63, 3.8) is 0 Å². The van der Waals surface area contributed by atoms with Crippen LogP contribution in [0.3, 0.4) is 0 Å². The summed E-state index contributed by atoms with van der Waals surface area (Å²) in [5.74, 6) is -5.26. The second kappa shape index (κ2) is 3.93. The van der Waals surface area contributed by atoms with Crippen molar-refractivity contribution in [2.24, 2.45) is 5.73 Å². The van der Waals surface area contributed by atoms with Gasteiger partial charge in [0.25, 0.3) is 0 Å². The topological polar surface area (TPSA) is 51.8 Å². The standard InChI is InChI=1S/C8H8F5N3/c1-4(14)6-15-3-2-5(16-6)7(9,10)8(11,12)13/h2-4H,14H2,1H3. The summed E-state index contributed by atoms with van der Waals surface area (Å²) >= 11 is 0. The molecule has 3 nitrogen and oxygen atoms in total. The molecule has 0 saturated heterocycles. The van der Waals surface area contributed by atoms with Crippen LogP contribution < -0.4 is 5.73 Å². The first-order valence-corrected chi connectivity index (χ1v) is 4.20. The van der Waals surface area contributed by atoms with Crippen molar-refractivity contribution in [2.75, 3.05) is 0 Å². The predicted molar refractivity (Wildman–Crippen MR) is 44.6 cm³/mol. The number of hydrogen-bond acceptors (Lipinski definition) is 3. The van der Waals surface area contributed by atoms with Crippen LogP contribution in [0.1, 0.15) is 24.5 Å². The van der Waals surface area contributed by atoms with Gasteiger partial charge in [0.05, 0.1) is 6.04 Å². The molecule has 1 rings (SSSR count). The molecule has 0 aliphatic heterocycles. The lowest BCUT2D eigenvalue weighted by Crippen LogP contribution is -2.35. The van der Waals surface area contributed by atoms with Gasteiger partial charge < -0.3 is 5.73 Å². The van der Waals surface area contributed by atoms with Crippen LogP contribution in [0.4, 0.5) is 22.0 Å². The zero-order valence-electron chi connectivity index (χ0n) is 8.09. The molecule has 0 aliphatic carbocycles. The monoisotopic (exact) mass is 241 g/mol. The summed E-state index contributed by atoms with van der Waals surface area (Å²) in [5, 5.41) is 0. The molecule has 1 heterocycles. The SMILES string of the molecule is CC(N)c1nccc(C(F)(F)C(F)(F)F)n1. The molecule has 0 radical (unpaired) electrons. The van der Waals surface area contributed by atoms with Crippen molar-refractivity contribution < 1.29 is 22.0 Å². The molecule has 8 heteroatoms. The summed E-state index contributed by atoms with van der Waals surface area (Å²) in [6.45, 7) is 1.38. The Morgan fingerprint density at radius 3 is 2.25 bits per heavy atom. The van der Waals surface area contributed by atoms with E-state index >= 15 is 0 Å². The maximum absolute atomic E-state index is 12.9. The molecule has 2 N–H and O–H groups in total. The maximum atomic E-state index is 12.9. The van der Waals surface area contributed by atoms with Crippen LogP contribution in [0, 0.1) is 0 Å². The van der Waals surface area contributed by atoms with Gasteiger partial charge in [0.15, 0.2) is 0 Å². The molecule has 0 aromatic carbocycles. The van der Waals surface area contributed by atoms with Crippen LogP contribution in [-0.4, -0.2) is 16.1 Å². The Hall–Kier alpha value is -1.31. The normalized spacial score (nSPS) is 14.9. The van der Waals surface area contributed by atoms with Crippen LogP contribution in [0.2, 0.25) is 0 Å². The third-order valence-corrected chi connectivity index (χ3v) is 1.76. The van der Waals surface area contributed by atoms with E-state index in [9.17, 15) is 22.0 Å². The molecule has 1 aromatic rings. The minimum atomic E-state index is -5.68. The van der Waals surface area contributed by atoms with Crippen molar-refractivity contribution in [3.05, 3.63) is 23.8 Å². The molecule has 0 fully saturated rings. The van der Waals surface area contributed by atoms with Crippen molar-refractivity contribution in [1.29, 1.82) is 0 Å². The highest BCUT2D eigenvalue weighted by Gasteiger charge is 2.60. The lowest BCUT2D eigenvalue weighted by molar-refractivity contribution is -0.291. The van der Waals surface area contributed by atoms with Crippen molar-refractivity contribution in [3.8, 4) is 0 Å². The highest BCUT2D eigenvalue weighted by Crippen LogP contribution is 2.42. The van der Waals surface area contributed by atoms with Gasteiger partial charge in [0.2, 0.25) is 0 Å². The molecule has 1 atom stereocenters. The third kappa shape index (κ3) is 2.26. The lowest BCUT2D eigenvalue weighted by atomic mass is 10.2. The quantitative estimate of drug-likeness (QED) is 0.807. The number of nitrogens with two attached hydrogens (primary N) is 1. The zero-order chi connectivity index (χ0) is 12.6. The molecule has 1 unspecified atom stereocenters. The largest absolute Gasteiger partial charge is 0.459 e. The van der Waals surface area contributed by atoms with Crippen LogP contribution in [0.5, 0.6) is 0 Å². The lowest BCUT2D eigenvalue weighted by Gasteiger charge is -2.19. The van der Waals surface area contributed by atoms with Gasteiger partial charge in [0, 0.05) is 6.20 Å². The first kappa shape index (κ1) is 12.8. The van der Waals surface area contributed by atoms with Crippen LogP contribution in [0.25, 0.3) is 0 Å². The van der Waals surface area contributed by atoms with Gasteiger partial charge in [-0.2, -0.15) is 22.0 Å². The number of halogens is 5. The number of rotatable bonds is 2. The van der Waals surface area contributed by atoms with Crippen molar-refractivity contribution >= 4 is 0 Å². The van der Waals surface area contributed by atoms with Gasteiger partial charge in [-0.05, 0) is 13.0 Å². The van der Waals surface area contributed by atoms with E-state index in [1.165, 1.54) is 6.92 Å². The molecular weight excluding hydrogens is 233 g/mol. The fourth-order valence-corrected chi connectivity index (χ4v) is 0.913. The summed E-state index contributed by atoms with van der Waals surface area (Å²) in [6.07, 6.45) is -4.86. The fourth-order valence-electron chi connectivity index (χ4n) is 0.913. The number of aromatic nitrogens is 2. The van der Waals surface area contributed by atoms with E-state index in [2.05, 4.69) is 9.97 Å². The first-order chi connectivity index (χ1) is 7.16. The molecule has 90 valence electrons. The van der Waals surface area contributed by atoms with Gasteiger partial charge in [-0.25, -0.2) is 9.97 Å². The van der Waals surface area contributed by atoms with Gasteiger partial charge in [-0.15, -0.1) is 0 Å². The summed E-state index contributed by atoms with van der Waals surface area (Å²) < 4.78 is 61.7. The summed E-state index contributed by atoms with van der Waals surface area (Å²) in [7, 11) is 0. The Labute approximate surface area is 87.5 Å². The van der Waals surface area contributed by atoms with E-state index in [4.69, 9.17) is 5.73 Å². The Bertz CT molecular complexity index is 374. The first-order valence-electron chi connectivity index (χ1n) is 4.20. The number of nitrogens with zero attached hydrogens (tertiary/aromatic N) is 2. The van der Waals surface area contributed by atoms with Gasteiger partial charge in [-0.1, -0.05) is 0 Å². The van der Waals surface area contributed by atoms with E-state index in [0.717, 1.165) is 6.20 Å². The molecule has 1 aromatic heterocycles. The van der Waals surface area contributed by atoms with Crippen LogP contribution >= 0.6 is 0 Å². The van der Waals surface area contributed by atoms with Crippen molar-refractivity contribution in [1.82, 2.24) is 9.97 Å². The summed E-state index contributed by atoms with van der Waals surface area (Å²) in [6, 6.07) is -0.302. The molecule has 0 saturated carbocycles. The van der Waals surface area contributed by atoms with Crippen molar-refractivity contribution in [2.45, 2.75) is 25.1 Å². The number of alkyl halides is 5. The van der Waals surface area contributed by atoms with Gasteiger partial charge in [-0.3, -0.25) is 0 Å². The fraction of sp³-hybridized carbons (Fsp3) is 0.500. The molecular formula is C8H8F5N3. The second-order valence-corrected chi connectivity index (χ2v) is 3.16. The average Bonchev–Trinajstić information content (AvgIpc) is 2.16. The number of hydrogen-bond donors (Lipinski definition) is 1. The zero-order valence-corrected chi connectivity index (χ0v) is 8.09. The Kier molecular flexibility index (Phi) is 3.13. The minimum Gasteiger partial charge on any atom is -0.322 e. The van der Waals surface area contributed by atoms with Crippen LogP contribution in [-0.2, 0) is 5.92 Å². The Morgan fingerprint density at radius 1 is 1.25 bits per heavy atom. The molecule has 0 amide bonds. The minimum absolute atomic E-state index is 0.263. The highest BCUT2D eigenvalue weighted by atomic mass is 19.4. The maximum Gasteiger partial charge on any atom is 0.459 e.